The summed E-state index contributed by atoms with van der Waals surface area (Å²) in [6, 6.07) is 0. The molecule has 1 unspecified atom stereocenters. The van der Waals surface area contributed by atoms with Crippen LogP contribution in [0, 0.1) is 0 Å². The zero-order valence-electron chi connectivity index (χ0n) is 43.3. The highest BCUT2D eigenvalue weighted by atomic mass is 16.6. The van der Waals surface area contributed by atoms with Gasteiger partial charge in [-0.1, -0.05) is 256 Å². The molecule has 6 nitrogen and oxygen atoms in total. The van der Waals surface area contributed by atoms with E-state index < -0.39 is 6.10 Å². The van der Waals surface area contributed by atoms with E-state index in [1.165, 1.54) is 167 Å². The topological polar surface area (TPSA) is 78.9 Å². The molecule has 0 aromatic rings. The molecule has 0 spiro atoms. The van der Waals surface area contributed by atoms with Crippen LogP contribution in [0.3, 0.4) is 0 Å². The summed E-state index contributed by atoms with van der Waals surface area (Å²) in [6.07, 6.45) is 65.3. The van der Waals surface area contributed by atoms with Gasteiger partial charge in [0.1, 0.15) is 13.2 Å². The van der Waals surface area contributed by atoms with Crippen molar-refractivity contribution in [1.82, 2.24) is 0 Å². The van der Waals surface area contributed by atoms with Crippen LogP contribution < -0.4 is 0 Å². The van der Waals surface area contributed by atoms with Gasteiger partial charge in [0, 0.05) is 19.3 Å². The number of hydrogen-bond donors (Lipinski definition) is 0. The molecule has 6 heteroatoms. The van der Waals surface area contributed by atoms with Crippen LogP contribution in [0.5, 0.6) is 0 Å². The molecule has 0 saturated carbocycles. The van der Waals surface area contributed by atoms with Gasteiger partial charge in [-0.25, -0.2) is 0 Å². The summed E-state index contributed by atoms with van der Waals surface area (Å²) in [5, 5.41) is 0. The van der Waals surface area contributed by atoms with Crippen LogP contribution in [-0.4, -0.2) is 37.2 Å². The van der Waals surface area contributed by atoms with E-state index in [1.807, 2.05) is 0 Å². The zero-order valence-corrected chi connectivity index (χ0v) is 43.3. The van der Waals surface area contributed by atoms with Crippen molar-refractivity contribution < 1.29 is 28.6 Å². The van der Waals surface area contributed by atoms with Crippen LogP contribution >= 0.6 is 0 Å². The summed E-state index contributed by atoms with van der Waals surface area (Å²) in [4.78, 5) is 38.1. The normalized spacial score (nSPS) is 12.4. The summed E-state index contributed by atoms with van der Waals surface area (Å²) in [5.74, 6) is -0.896. The van der Waals surface area contributed by atoms with Crippen molar-refractivity contribution in [3.8, 4) is 0 Å². The number of allylic oxidation sites excluding steroid dienone is 8. The minimum atomic E-state index is -0.783. The quantitative estimate of drug-likeness (QED) is 0.0199. The third-order valence-corrected chi connectivity index (χ3v) is 12.4. The summed E-state index contributed by atoms with van der Waals surface area (Å²) in [5.41, 5.74) is 0. The first-order valence-electron chi connectivity index (χ1n) is 28.2. The third-order valence-electron chi connectivity index (χ3n) is 12.4. The smallest absolute Gasteiger partial charge is 0.306 e. The van der Waals surface area contributed by atoms with Crippen LogP contribution in [0.1, 0.15) is 290 Å². The number of unbranched alkanes of at least 4 members (excludes halogenated alkanes) is 34. The molecule has 0 amide bonds. The maximum atomic E-state index is 12.8. The van der Waals surface area contributed by atoms with Crippen molar-refractivity contribution in [1.29, 1.82) is 0 Å². The largest absolute Gasteiger partial charge is 0.462 e. The third kappa shape index (κ3) is 52.2. The van der Waals surface area contributed by atoms with E-state index in [1.54, 1.807) is 0 Å². The summed E-state index contributed by atoms with van der Waals surface area (Å²) < 4.78 is 16.8. The molecule has 1 atom stereocenters. The Labute approximate surface area is 403 Å². The van der Waals surface area contributed by atoms with Crippen molar-refractivity contribution in [3.05, 3.63) is 48.6 Å². The Morgan fingerprint density at radius 1 is 0.323 bits per heavy atom. The fourth-order valence-electron chi connectivity index (χ4n) is 8.14. The van der Waals surface area contributed by atoms with Gasteiger partial charge in [-0.15, -0.1) is 0 Å². The molecule has 0 N–H and O–H groups in total. The number of rotatable bonds is 51. The highest BCUT2D eigenvalue weighted by Crippen LogP contribution is 2.16. The van der Waals surface area contributed by atoms with Gasteiger partial charge in [0.15, 0.2) is 6.10 Å². The number of esters is 3. The molecule has 0 radical (unpaired) electrons. The monoisotopic (exact) mass is 911 g/mol. The second kappa shape index (κ2) is 54.0. The van der Waals surface area contributed by atoms with E-state index in [0.29, 0.717) is 19.3 Å². The van der Waals surface area contributed by atoms with Crippen LogP contribution in [0.2, 0.25) is 0 Å². The Hall–Kier alpha value is -2.63. The Bertz CT molecular complexity index is 1140. The minimum Gasteiger partial charge on any atom is -0.462 e. The van der Waals surface area contributed by atoms with E-state index in [2.05, 4.69) is 69.4 Å². The van der Waals surface area contributed by atoms with E-state index >= 15 is 0 Å². The van der Waals surface area contributed by atoms with Crippen LogP contribution in [0.25, 0.3) is 0 Å². The van der Waals surface area contributed by atoms with E-state index in [9.17, 15) is 14.4 Å². The fraction of sp³-hybridized carbons (Fsp3) is 0.814. The molecule has 0 aliphatic heterocycles. The van der Waals surface area contributed by atoms with E-state index in [4.69, 9.17) is 14.2 Å². The summed E-state index contributed by atoms with van der Waals surface area (Å²) >= 11 is 0. The van der Waals surface area contributed by atoms with Crippen molar-refractivity contribution in [3.63, 3.8) is 0 Å². The molecular formula is C59H106O6. The van der Waals surface area contributed by atoms with Crippen LogP contribution in [-0.2, 0) is 28.6 Å². The van der Waals surface area contributed by atoms with Gasteiger partial charge in [-0.2, -0.15) is 0 Å². The first-order valence-corrected chi connectivity index (χ1v) is 28.2. The zero-order chi connectivity index (χ0) is 47.2. The molecular weight excluding hydrogens is 805 g/mol. The van der Waals surface area contributed by atoms with Crippen LogP contribution in [0.4, 0.5) is 0 Å². The lowest BCUT2D eigenvalue weighted by atomic mass is 10.0. The molecule has 0 bridgehead atoms. The van der Waals surface area contributed by atoms with Gasteiger partial charge < -0.3 is 14.2 Å². The Morgan fingerprint density at radius 3 is 0.985 bits per heavy atom. The fourth-order valence-corrected chi connectivity index (χ4v) is 8.14. The van der Waals surface area contributed by atoms with Gasteiger partial charge >= 0.3 is 17.9 Å². The molecule has 378 valence electrons. The molecule has 0 aliphatic carbocycles. The SMILES string of the molecule is CC\C=C/C=C\C=C/CCCCCCCCCC(=O)OC(COC(=O)CCCCC/C=C\CCCCCCCC)COC(=O)CCCCCCCCCCCCCCCCCCCCC. The van der Waals surface area contributed by atoms with Gasteiger partial charge in [-0.05, 0) is 64.2 Å². The molecule has 0 aliphatic rings. The molecule has 0 aromatic heterocycles. The van der Waals surface area contributed by atoms with Gasteiger partial charge in [0.2, 0.25) is 0 Å². The maximum absolute atomic E-state index is 12.8. The van der Waals surface area contributed by atoms with Gasteiger partial charge in [-0.3, -0.25) is 14.4 Å². The highest BCUT2D eigenvalue weighted by Gasteiger charge is 2.19. The second-order valence-corrected chi connectivity index (χ2v) is 18.9. The van der Waals surface area contributed by atoms with Crippen LogP contribution in [0.15, 0.2) is 48.6 Å². The average Bonchev–Trinajstić information content (AvgIpc) is 3.30. The van der Waals surface area contributed by atoms with Gasteiger partial charge in [0.25, 0.3) is 0 Å². The molecule has 65 heavy (non-hydrogen) atoms. The lowest BCUT2D eigenvalue weighted by Crippen LogP contribution is -2.30. The Morgan fingerprint density at radius 2 is 0.615 bits per heavy atom. The first-order chi connectivity index (χ1) is 32.0. The molecule has 0 aromatic carbocycles. The van der Waals surface area contributed by atoms with Crippen molar-refractivity contribution >= 4 is 17.9 Å². The summed E-state index contributed by atoms with van der Waals surface area (Å²) in [6.45, 7) is 6.51. The highest BCUT2D eigenvalue weighted by molar-refractivity contribution is 5.71. The number of ether oxygens (including phenoxy) is 3. The first kappa shape index (κ1) is 62.4. The predicted molar refractivity (Wildman–Crippen MR) is 279 cm³/mol. The number of carbonyl (C=O) groups is 3. The lowest BCUT2D eigenvalue weighted by molar-refractivity contribution is -0.167. The Balaban J connectivity index is 4.34. The molecule has 0 fully saturated rings. The van der Waals surface area contributed by atoms with Crippen molar-refractivity contribution in [2.45, 2.75) is 297 Å². The van der Waals surface area contributed by atoms with Crippen molar-refractivity contribution in [2.24, 2.45) is 0 Å². The average molecular weight is 911 g/mol. The molecule has 0 saturated heterocycles. The second-order valence-electron chi connectivity index (χ2n) is 18.9. The Kier molecular flexibility index (Phi) is 51.8. The number of hydrogen-bond acceptors (Lipinski definition) is 6. The molecule has 0 rings (SSSR count). The standard InChI is InChI=1S/C59H106O6/c1-4-7-10-13-16-19-22-25-27-28-29-30-32-34-37-40-43-46-49-52-58(61)64-55-56(54-63-57(60)51-48-45-42-39-36-33-24-21-18-15-12-9-6-3)65-59(62)53-50-47-44-41-38-35-31-26-23-20-17-14-11-8-5-2/h8,11,14,17,20,23,33,36,56H,4-7,9-10,12-13,15-16,18-19,21-22,24-32,34-35,37-55H2,1-3H3/b11-8-,17-14-,23-20-,36-33-. The maximum Gasteiger partial charge on any atom is 0.306 e. The van der Waals surface area contributed by atoms with E-state index in [-0.39, 0.29) is 31.1 Å². The predicted octanol–water partition coefficient (Wildman–Crippen LogP) is 18.7. The minimum absolute atomic E-state index is 0.0799. The molecule has 0 heterocycles. The van der Waals surface area contributed by atoms with E-state index in [0.717, 1.165) is 83.5 Å². The van der Waals surface area contributed by atoms with Crippen molar-refractivity contribution in [2.75, 3.05) is 13.2 Å². The van der Waals surface area contributed by atoms with Gasteiger partial charge in [0.05, 0.1) is 0 Å². The lowest BCUT2D eigenvalue weighted by Gasteiger charge is -2.18. The summed E-state index contributed by atoms with van der Waals surface area (Å²) in [7, 11) is 0. The number of carbonyl (C=O) groups excluding carboxylic acids is 3.